The van der Waals surface area contributed by atoms with Crippen LogP contribution in [0.1, 0.15) is 24.0 Å². The van der Waals surface area contributed by atoms with E-state index in [0.717, 1.165) is 14.2 Å². The maximum absolute atomic E-state index is 13.4. The lowest BCUT2D eigenvalue weighted by atomic mass is 9.89. The highest BCUT2D eigenvalue weighted by Gasteiger charge is 2.38. The summed E-state index contributed by atoms with van der Waals surface area (Å²) in [5.41, 5.74) is 1.40. The molecule has 0 amide bonds. The molecule has 0 saturated heterocycles. The molecule has 190 valence electrons. The van der Waals surface area contributed by atoms with Crippen molar-refractivity contribution in [3.8, 4) is 11.3 Å². The minimum atomic E-state index is -1.17. The van der Waals surface area contributed by atoms with Gasteiger partial charge in [-0.2, -0.15) is 0 Å². The third-order valence-electron chi connectivity index (χ3n) is 5.84. The molecule has 10 heteroatoms. The van der Waals surface area contributed by atoms with Crippen LogP contribution in [0, 0.1) is 6.92 Å². The molecule has 1 aliphatic rings. The Bertz CT molecular complexity index is 1520. The highest BCUT2D eigenvalue weighted by molar-refractivity contribution is 5.86. The first-order valence-corrected chi connectivity index (χ1v) is 11.1. The molecule has 0 aliphatic carbocycles. The van der Waals surface area contributed by atoms with Crippen LogP contribution in [0.15, 0.2) is 80.7 Å². The van der Waals surface area contributed by atoms with E-state index in [1.165, 1.54) is 0 Å². The van der Waals surface area contributed by atoms with Crippen molar-refractivity contribution in [1.82, 2.24) is 5.32 Å². The Hall–Kier alpha value is -4.86. The monoisotopic (exact) mass is 505 g/mol. The van der Waals surface area contributed by atoms with E-state index in [1.54, 1.807) is 44.2 Å². The van der Waals surface area contributed by atoms with Crippen molar-refractivity contribution in [2.45, 2.75) is 19.8 Å². The van der Waals surface area contributed by atoms with Crippen LogP contribution in [-0.2, 0) is 23.7 Å². The number of para-hydroxylation sites is 1. The number of carbonyl (C=O) groups excluding carboxylic acids is 3. The molecular formula is C27H23NO9. The molecule has 0 fully saturated rings. The lowest BCUT2D eigenvalue weighted by Crippen LogP contribution is -2.30. The number of hydrogen-bond donors (Lipinski definition) is 1. The van der Waals surface area contributed by atoms with Crippen molar-refractivity contribution in [2.75, 3.05) is 14.2 Å². The number of methoxy groups -OCH3 is 2. The van der Waals surface area contributed by atoms with E-state index in [0.29, 0.717) is 28.7 Å². The first-order chi connectivity index (χ1) is 17.8. The number of ether oxygens (including phenoxy) is 4. The lowest BCUT2D eigenvalue weighted by Gasteiger charge is -2.29. The molecule has 0 saturated carbocycles. The molecule has 2 heterocycles. The van der Waals surface area contributed by atoms with Crippen LogP contribution < -0.4 is 10.7 Å². The molecule has 0 radical (unpaired) electrons. The summed E-state index contributed by atoms with van der Waals surface area (Å²) < 4.78 is 26.4. The maximum atomic E-state index is 13.4. The molecule has 1 aliphatic heterocycles. The highest BCUT2D eigenvalue weighted by atomic mass is 16.7. The van der Waals surface area contributed by atoms with Crippen LogP contribution in [0.2, 0.25) is 0 Å². The van der Waals surface area contributed by atoms with Gasteiger partial charge in [-0.3, -0.25) is 9.59 Å². The number of aldehydes is 1. The minimum Gasteiger partial charge on any atom is -0.455 e. The third-order valence-corrected chi connectivity index (χ3v) is 5.84. The van der Waals surface area contributed by atoms with Gasteiger partial charge in [-0.25, -0.2) is 9.59 Å². The van der Waals surface area contributed by atoms with Crippen molar-refractivity contribution in [3.05, 3.63) is 92.8 Å². The number of rotatable bonds is 5. The number of nitrogens with one attached hydrogen (secondary N) is 1. The van der Waals surface area contributed by atoms with E-state index in [9.17, 15) is 19.2 Å². The molecule has 0 spiro atoms. The summed E-state index contributed by atoms with van der Waals surface area (Å²) in [7, 11) is 2.24. The molecule has 10 nitrogen and oxygen atoms in total. The van der Waals surface area contributed by atoms with Crippen molar-refractivity contribution in [2.24, 2.45) is 0 Å². The quantitative estimate of drug-likeness (QED) is 0.386. The van der Waals surface area contributed by atoms with Crippen LogP contribution in [-0.4, -0.2) is 32.8 Å². The van der Waals surface area contributed by atoms with Gasteiger partial charge in [0.25, 0.3) is 0 Å². The van der Waals surface area contributed by atoms with E-state index < -0.39 is 18.2 Å². The minimum absolute atomic E-state index is 0.0339. The largest absolute Gasteiger partial charge is 0.513 e. The molecule has 1 N–H and O–H groups in total. The number of carbonyl (C=O) groups is 3. The standard InChI is InChI=1S/C27H23NO9/c1-14-21(30)18-12-8-11-17(24(18)35-22(14)16-9-6-5-7-10-16)20-23(36-26(31)33-3)15(2)28-19(13-29)25(20)37-27(32)34-4/h5-13,20,28H,1-4H3. The van der Waals surface area contributed by atoms with Gasteiger partial charge in [0.05, 0.1) is 25.3 Å². The number of hydrogen-bond acceptors (Lipinski definition) is 10. The molecular weight excluding hydrogens is 482 g/mol. The van der Waals surface area contributed by atoms with E-state index in [-0.39, 0.29) is 39.3 Å². The Labute approximate surface area is 211 Å². The van der Waals surface area contributed by atoms with Crippen LogP contribution in [0.5, 0.6) is 0 Å². The Morgan fingerprint density at radius 3 is 2.19 bits per heavy atom. The van der Waals surface area contributed by atoms with Crippen molar-refractivity contribution in [3.63, 3.8) is 0 Å². The first-order valence-electron chi connectivity index (χ1n) is 11.1. The predicted molar refractivity (Wildman–Crippen MR) is 131 cm³/mol. The topological polar surface area (TPSA) is 130 Å². The number of benzene rings is 2. The second-order valence-electron chi connectivity index (χ2n) is 8.03. The van der Waals surface area contributed by atoms with Gasteiger partial charge in [-0.05, 0) is 19.9 Å². The lowest BCUT2D eigenvalue weighted by molar-refractivity contribution is -0.105. The predicted octanol–water partition coefficient (Wildman–Crippen LogP) is 4.66. The number of dihydropyridines is 1. The SMILES string of the molecule is COC(=O)OC1=C(C)NC(C=O)=C(OC(=O)OC)C1c1cccc2c(=O)c(C)c(-c3ccccc3)oc12. The second kappa shape index (κ2) is 10.4. The molecule has 3 aromatic rings. The highest BCUT2D eigenvalue weighted by Crippen LogP contribution is 2.42. The van der Waals surface area contributed by atoms with E-state index in [2.05, 4.69) is 14.8 Å². The van der Waals surface area contributed by atoms with Gasteiger partial charge in [-0.1, -0.05) is 42.5 Å². The zero-order chi connectivity index (χ0) is 26.7. The summed E-state index contributed by atoms with van der Waals surface area (Å²) >= 11 is 0. The average molecular weight is 505 g/mol. The first kappa shape index (κ1) is 25.2. The smallest absolute Gasteiger partial charge is 0.455 e. The molecule has 1 unspecified atom stereocenters. The van der Waals surface area contributed by atoms with Crippen molar-refractivity contribution < 1.29 is 37.7 Å². The number of fused-ring (bicyclic) bond motifs is 1. The summed E-state index contributed by atoms with van der Waals surface area (Å²) in [6, 6.07) is 13.9. The maximum Gasteiger partial charge on any atom is 0.513 e. The molecule has 37 heavy (non-hydrogen) atoms. The van der Waals surface area contributed by atoms with Gasteiger partial charge in [0.1, 0.15) is 28.7 Å². The summed E-state index contributed by atoms with van der Waals surface area (Å²) in [4.78, 5) is 49.6. The summed E-state index contributed by atoms with van der Waals surface area (Å²) in [5, 5.41) is 3.01. The fraction of sp³-hybridized carbons (Fsp3) is 0.185. The fourth-order valence-electron chi connectivity index (χ4n) is 4.12. The zero-order valence-corrected chi connectivity index (χ0v) is 20.4. The normalized spacial score (nSPS) is 15.2. The zero-order valence-electron chi connectivity index (χ0n) is 20.4. The molecule has 4 rings (SSSR count). The second-order valence-corrected chi connectivity index (χ2v) is 8.03. The Morgan fingerprint density at radius 1 is 0.919 bits per heavy atom. The van der Waals surface area contributed by atoms with Gasteiger partial charge in [0.15, 0.2) is 17.5 Å². The van der Waals surface area contributed by atoms with Crippen molar-refractivity contribution in [1.29, 1.82) is 0 Å². The third kappa shape index (κ3) is 4.68. The van der Waals surface area contributed by atoms with E-state index in [1.807, 2.05) is 18.2 Å². The Balaban J connectivity index is 2.05. The summed E-state index contributed by atoms with van der Waals surface area (Å²) in [6.07, 6.45) is -1.71. The summed E-state index contributed by atoms with van der Waals surface area (Å²) in [6.45, 7) is 3.22. The Kier molecular flexibility index (Phi) is 7.10. The van der Waals surface area contributed by atoms with E-state index in [4.69, 9.17) is 13.9 Å². The Morgan fingerprint density at radius 2 is 1.57 bits per heavy atom. The van der Waals surface area contributed by atoms with Crippen LogP contribution in [0.25, 0.3) is 22.3 Å². The van der Waals surface area contributed by atoms with Gasteiger partial charge >= 0.3 is 12.3 Å². The van der Waals surface area contributed by atoms with Gasteiger partial charge in [0, 0.05) is 16.7 Å². The molecule has 1 atom stereocenters. The average Bonchev–Trinajstić information content (AvgIpc) is 2.92. The van der Waals surface area contributed by atoms with Gasteiger partial charge in [-0.15, -0.1) is 0 Å². The fourth-order valence-corrected chi connectivity index (χ4v) is 4.12. The van der Waals surface area contributed by atoms with Crippen LogP contribution in [0.3, 0.4) is 0 Å². The van der Waals surface area contributed by atoms with Gasteiger partial charge in [0.2, 0.25) is 0 Å². The summed E-state index contributed by atoms with van der Waals surface area (Å²) in [5.74, 6) is -1.08. The van der Waals surface area contributed by atoms with Crippen molar-refractivity contribution >= 4 is 29.6 Å². The number of allylic oxidation sites excluding steroid dienone is 2. The molecule has 1 aromatic heterocycles. The molecule has 2 aromatic carbocycles. The molecule has 0 bridgehead atoms. The van der Waals surface area contributed by atoms with E-state index >= 15 is 0 Å². The van der Waals surface area contributed by atoms with Crippen LogP contribution >= 0.6 is 0 Å². The van der Waals surface area contributed by atoms with Crippen LogP contribution in [0.4, 0.5) is 9.59 Å². The van der Waals surface area contributed by atoms with Gasteiger partial charge < -0.3 is 28.7 Å².